The Bertz CT molecular complexity index is 540. The van der Waals surface area contributed by atoms with Gasteiger partial charge in [-0.1, -0.05) is 0 Å². The maximum Gasteiger partial charge on any atom is 0.410 e. The SMILES string of the molecule is Cc1nc(OC[C@@H]2CCCN2C(=O)OC(C)(C)C)ccc1N. The Morgan fingerprint density at radius 1 is 1.45 bits per heavy atom. The number of ether oxygens (including phenoxy) is 2. The van der Waals surface area contributed by atoms with Crippen molar-refractivity contribution in [1.82, 2.24) is 9.88 Å². The summed E-state index contributed by atoms with van der Waals surface area (Å²) in [5, 5.41) is 0. The van der Waals surface area contributed by atoms with E-state index in [-0.39, 0.29) is 12.1 Å². The molecule has 6 heteroatoms. The molecule has 1 aromatic heterocycles. The number of anilines is 1. The molecule has 6 nitrogen and oxygen atoms in total. The Hall–Kier alpha value is -1.98. The molecule has 1 aromatic rings. The lowest BCUT2D eigenvalue weighted by Crippen LogP contribution is -2.42. The van der Waals surface area contributed by atoms with Crippen LogP contribution in [0.25, 0.3) is 0 Å². The number of likely N-dealkylation sites (tertiary alicyclic amines) is 1. The van der Waals surface area contributed by atoms with Gasteiger partial charge in [0.25, 0.3) is 0 Å². The zero-order chi connectivity index (χ0) is 16.3. The molecular weight excluding hydrogens is 282 g/mol. The molecule has 2 heterocycles. The molecule has 0 spiro atoms. The van der Waals surface area contributed by atoms with E-state index < -0.39 is 5.60 Å². The third kappa shape index (κ3) is 4.26. The minimum absolute atomic E-state index is 0.0227. The number of rotatable bonds is 3. The fraction of sp³-hybridized carbons (Fsp3) is 0.625. The van der Waals surface area contributed by atoms with Crippen molar-refractivity contribution in [3.8, 4) is 5.88 Å². The average molecular weight is 307 g/mol. The van der Waals surface area contributed by atoms with E-state index in [1.54, 1.807) is 17.0 Å². The molecule has 2 rings (SSSR count). The molecule has 122 valence electrons. The normalized spacial score (nSPS) is 18.4. The second-order valence-corrected chi connectivity index (χ2v) is 6.60. The molecule has 1 saturated heterocycles. The van der Waals surface area contributed by atoms with Gasteiger partial charge in [0.05, 0.1) is 17.4 Å². The Morgan fingerprint density at radius 3 is 2.82 bits per heavy atom. The van der Waals surface area contributed by atoms with Gasteiger partial charge < -0.3 is 20.1 Å². The summed E-state index contributed by atoms with van der Waals surface area (Å²) in [6.45, 7) is 8.56. The number of nitrogens with zero attached hydrogens (tertiary/aromatic N) is 2. The quantitative estimate of drug-likeness (QED) is 0.929. The van der Waals surface area contributed by atoms with Crippen molar-refractivity contribution in [3.05, 3.63) is 17.8 Å². The molecule has 0 bridgehead atoms. The van der Waals surface area contributed by atoms with Crippen LogP contribution >= 0.6 is 0 Å². The lowest BCUT2D eigenvalue weighted by atomic mass is 10.2. The van der Waals surface area contributed by atoms with Crippen LogP contribution in [0.5, 0.6) is 5.88 Å². The highest BCUT2D eigenvalue weighted by atomic mass is 16.6. The first-order valence-corrected chi connectivity index (χ1v) is 7.62. The minimum atomic E-state index is -0.485. The highest BCUT2D eigenvalue weighted by Crippen LogP contribution is 2.22. The van der Waals surface area contributed by atoms with Crippen LogP contribution in [0.15, 0.2) is 12.1 Å². The van der Waals surface area contributed by atoms with Gasteiger partial charge in [0.15, 0.2) is 0 Å². The molecular formula is C16H25N3O3. The minimum Gasteiger partial charge on any atom is -0.475 e. The zero-order valence-corrected chi connectivity index (χ0v) is 13.8. The molecule has 1 amide bonds. The Labute approximate surface area is 131 Å². The van der Waals surface area contributed by atoms with Crippen LogP contribution in [0.2, 0.25) is 0 Å². The van der Waals surface area contributed by atoms with Gasteiger partial charge in [-0.15, -0.1) is 0 Å². The summed E-state index contributed by atoms with van der Waals surface area (Å²) >= 11 is 0. The first-order valence-electron chi connectivity index (χ1n) is 7.62. The fourth-order valence-corrected chi connectivity index (χ4v) is 2.38. The first-order chi connectivity index (χ1) is 10.3. The summed E-state index contributed by atoms with van der Waals surface area (Å²) in [6.07, 6.45) is 1.59. The molecule has 2 N–H and O–H groups in total. The first kappa shape index (κ1) is 16.4. The van der Waals surface area contributed by atoms with Gasteiger partial charge in [-0.2, -0.15) is 0 Å². The summed E-state index contributed by atoms with van der Waals surface area (Å²) in [5.74, 6) is 0.530. The van der Waals surface area contributed by atoms with Gasteiger partial charge in [0, 0.05) is 12.6 Å². The molecule has 1 aliphatic heterocycles. The van der Waals surface area contributed by atoms with Crippen molar-refractivity contribution in [2.75, 3.05) is 18.9 Å². The topological polar surface area (TPSA) is 77.7 Å². The van der Waals surface area contributed by atoms with Crippen molar-refractivity contribution >= 4 is 11.8 Å². The lowest BCUT2D eigenvalue weighted by Gasteiger charge is -2.28. The van der Waals surface area contributed by atoms with E-state index in [2.05, 4.69) is 4.98 Å². The molecule has 0 aromatic carbocycles. The molecule has 0 saturated carbocycles. The summed E-state index contributed by atoms with van der Waals surface area (Å²) < 4.78 is 11.2. The number of hydrogen-bond donors (Lipinski definition) is 1. The number of aromatic nitrogens is 1. The van der Waals surface area contributed by atoms with Crippen LogP contribution in [0, 0.1) is 6.92 Å². The molecule has 1 aliphatic rings. The number of pyridine rings is 1. The highest BCUT2D eigenvalue weighted by molar-refractivity contribution is 5.69. The monoisotopic (exact) mass is 307 g/mol. The second-order valence-electron chi connectivity index (χ2n) is 6.60. The van der Waals surface area contributed by atoms with Crippen LogP contribution in [0.3, 0.4) is 0 Å². The van der Waals surface area contributed by atoms with Crippen LogP contribution < -0.4 is 10.5 Å². The van der Waals surface area contributed by atoms with Crippen LogP contribution in [0.4, 0.5) is 10.5 Å². The standard InChI is InChI=1S/C16H25N3O3/c1-11-13(17)7-8-14(18-11)21-10-12-6-5-9-19(12)15(20)22-16(2,3)4/h7-8,12H,5-6,9-10,17H2,1-4H3/t12-/m0/s1. The van der Waals surface area contributed by atoms with Gasteiger partial charge in [-0.05, 0) is 46.6 Å². The smallest absolute Gasteiger partial charge is 0.410 e. The van der Waals surface area contributed by atoms with E-state index in [9.17, 15) is 4.79 Å². The van der Waals surface area contributed by atoms with E-state index in [0.717, 1.165) is 18.5 Å². The third-order valence-corrected chi connectivity index (χ3v) is 3.53. The summed E-state index contributed by atoms with van der Waals surface area (Å²) in [6, 6.07) is 3.54. The Morgan fingerprint density at radius 2 is 2.18 bits per heavy atom. The third-order valence-electron chi connectivity index (χ3n) is 3.53. The lowest BCUT2D eigenvalue weighted by molar-refractivity contribution is 0.0185. The summed E-state index contributed by atoms with van der Waals surface area (Å²) in [5.41, 5.74) is 6.64. The number of nitrogen functional groups attached to an aromatic ring is 1. The van der Waals surface area contributed by atoms with E-state index in [1.165, 1.54) is 0 Å². The van der Waals surface area contributed by atoms with Gasteiger partial charge in [0.1, 0.15) is 12.2 Å². The van der Waals surface area contributed by atoms with Crippen molar-refractivity contribution < 1.29 is 14.3 Å². The highest BCUT2D eigenvalue weighted by Gasteiger charge is 2.32. The van der Waals surface area contributed by atoms with Gasteiger partial charge in [-0.25, -0.2) is 9.78 Å². The molecule has 0 radical (unpaired) electrons. The van der Waals surface area contributed by atoms with Crippen molar-refractivity contribution in [1.29, 1.82) is 0 Å². The van der Waals surface area contributed by atoms with E-state index in [0.29, 0.717) is 24.7 Å². The molecule has 1 atom stereocenters. The van der Waals surface area contributed by atoms with Gasteiger partial charge in [0.2, 0.25) is 5.88 Å². The predicted molar refractivity (Wildman–Crippen MR) is 84.8 cm³/mol. The molecule has 1 fully saturated rings. The Balaban J connectivity index is 1.93. The number of aryl methyl sites for hydroxylation is 1. The average Bonchev–Trinajstić information content (AvgIpc) is 2.87. The Kier molecular flexibility index (Phi) is 4.78. The number of amides is 1. The van der Waals surface area contributed by atoms with Gasteiger partial charge in [-0.3, -0.25) is 0 Å². The van der Waals surface area contributed by atoms with Crippen molar-refractivity contribution in [3.63, 3.8) is 0 Å². The van der Waals surface area contributed by atoms with Crippen LogP contribution in [-0.2, 0) is 4.74 Å². The van der Waals surface area contributed by atoms with E-state index >= 15 is 0 Å². The van der Waals surface area contributed by atoms with Crippen molar-refractivity contribution in [2.45, 2.75) is 52.2 Å². The summed E-state index contributed by atoms with van der Waals surface area (Å²) in [4.78, 5) is 18.2. The number of hydrogen-bond acceptors (Lipinski definition) is 5. The predicted octanol–water partition coefficient (Wildman–Crippen LogP) is 2.75. The number of carbonyl (C=O) groups is 1. The van der Waals surface area contributed by atoms with Crippen molar-refractivity contribution in [2.24, 2.45) is 0 Å². The van der Waals surface area contributed by atoms with Gasteiger partial charge >= 0.3 is 6.09 Å². The van der Waals surface area contributed by atoms with Crippen LogP contribution in [-0.4, -0.2) is 40.8 Å². The van der Waals surface area contributed by atoms with E-state index in [4.69, 9.17) is 15.2 Å². The second kappa shape index (κ2) is 6.42. The fourth-order valence-electron chi connectivity index (χ4n) is 2.38. The number of carbonyl (C=O) groups excluding carboxylic acids is 1. The summed E-state index contributed by atoms with van der Waals surface area (Å²) in [7, 11) is 0. The van der Waals surface area contributed by atoms with E-state index in [1.807, 2.05) is 27.7 Å². The van der Waals surface area contributed by atoms with Crippen LogP contribution in [0.1, 0.15) is 39.3 Å². The maximum atomic E-state index is 12.2. The molecule has 0 unspecified atom stereocenters. The largest absolute Gasteiger partial charge is 0.475 e. The molecule has 0 aliphatic carbocycles. The zero-order valence-electron chi connectivity index (χ0n) is 13.8. The molecule has 22 heavy (non-hydrogen) atoms. The number of nitrogens with two attached hydrogens (primary N) is 1. The maximum absolute atomic E-state index is 12.2.